The van der Waals surface area contributed by atoms with E-state index in [1.54, 1.807) is 6.20 Å². The first-order valence-electron chi connectivity index (χ1n) is 6.32. The fraction of sp³-hybridized carbons (Fsp3) is 0.143. The smallest absolute Gasteiger partial charge is 0.143 e. The van der Waals surface area contributed by atoms with Crippen LogP contribution in [0, 0.1) is 5.82 Å². The number of hydrogen-bond donors (Lipinski definition) is 3. The summed E-state index contributed by atoms with van der Waals surface area (Å²) in [6.45, 7) is 0.584. The zero-order valence-electron chi connectivity index (χ0n) is 11.4. The SMILES string of the molecule is CSNCc1cc(F)cc(-c2c[nH]c3ncnc(N)c23)c1. The molecule has 0 aliphatic heterocycles. The molecule has 0 spiro atoms. The summed E-state index contributed by atoms with van der Waals surface area (Å²) in [7, 11) is 0. The molecule has 7 heteroatoms. The first-order chi connectivity index (χ1) is 10.2. The number of halogens is 1. The van der Waals surface area contributed by atoms with E-state index in [9.17, 15) is 4.39 Å². The van der Waals surface area contributed by atoms with E-state index in [1.807, 2.05) is 12.3 Å². The van der Waals surface area contributed by atoms with Crippen LogP contribution in [0.15, 0.2) is 30.7 Å². The first kappa shape index (κ1) is 13.8. The van der Waals surface area contributed by atoms with Crippen LogP contribution in [0.1, 0.15) is 5.56 Å². The number of nitrogens with one attached hydrogen (secondary N) is 2. The second-order valence-corrected chi connectivity index (χ2v) is 5.26. The molecule has 2 aromatic heterocycles. The van der Waals surface area contributed by atoms with Gasteiger partial charge in [0.05, 0.1) is 5.39 Å². The molecule has 0 aliphatic carbocycles. The second kappa shape index (κ2) is 5.71. The van der Waals surface area contributed by atoms with Crippen molar-refractivity contribution in [3.8, 4) is 11.1 Å². The molecule has 0 saturated carbocycles. The molecule has 0 unspecified atom stereocenters. The number of aromatic nitrogens is 3. The van der Waals surface area contributed by atoms with Crippen LogP contribution in [-0.2, 0) is 6.54 Å². The maximum atomic E-state index is 13.8. The van der Waals surface area contributed by atoms with Crippen LogP contribution in [-0.4, -0.2) is 21.2 Å². The predicted octanol–water partition coefficient (Wildman–Crippen LogP) is 2.71. The van der Waals surface area contributed by atoms with Crippen LogP contribution in [0.5, 0.6) is 0 Å². The molecule has 0 fully saturated rings. The summed E-state index contributed by atoms with van der Waals surface area (Å²) in [6.07, 6.45) is 5.10. The molecule has 0 saturated heterocycles. The molecule has 5 nitrogen and oxygen atoms in total. The molecule has 0 bridgehead atoms. The molecule has 0 atom stereocenters. The lowest BCUT2D eigenvalue weighted by Crippen LogP contribution is -2.02. The average molecular weight is 303 g/mol. The number of fused-ring (bicyclic) bond motifs is 1. The topological polar surface area (TPSA) is 79.6 Å². The molecule has 0 amide bonds. The van der Waals surface area contributed by atoms with Crippen LogP contribution in [0.4, 0.5) is 10.2 Å². The van der Waals surface area contributed by atoms with E-state index in [2.05, 4.69) is 19.7 Å². The standard InChI is InChI=1S/C14H14FN5S/c1-21-20-5-8-2-9(4-10(15)3-8)11-6-17-14-12(11)13(16)18-7-19-14/h2-4,6-7,20H,5H2,1H3,(H3,16,17,18,19). The van der Waals surface area contributed by atoms with E-state index in [0.29, 0.717) is 23.4 Å². The highest BCUT2D eigenvalue weighted by atomic mass is 32.2. The van der Waals surface area contributed by atoms with Gasteiger partial charge in [0, 0.05) is 18.3 Å². The zero-order valence-corrected chi connectivity index (χ0v) is 12.2. The van der Waals surface area contributed by atoms with Crippen molar-refractivity contribution in [2.75, 3.05) is 12.0 Å². The highest BCUT2D eigenvalue weighted by molar-refractivity contribution is 7.96. The van der Waals surface area contributed by atoms with Crippen molar-refractivity contribution in [1.82, 2.24) is 19.7 Å². The minimum atomic E-state index is -0.282. The minimum absolute atomic E-state index is 0.282. The molecule has 2 heterocycles. The number of rotatable bonds is 4. The number of nitrogens with zero attached hydrogens (tertiary/aromatic N) is 2. The van der Waals surface area contributed by atoms with Gasteiger partial charge in [-0.2, -0.15) is 0 Å². The predicted molar refractivity (Wildman–Crippen MR) is 84.0 cm³/mol. The lowest BCUT2D eigenvalue weighted by atomic mass is 10.0. The lowest BCUT2D eigenvalue weighted by Gasteiger charge is -2.06. The van der Waals surface area contributed by atoms with Gasteiger partial charge in [-0.3, -0.25) is 4.72 Å². The van der Waals surface area contributed by atoms with Gasteiger partial charge in [0.15, 0.2) is 0 Å². The Morgan fingerprint density at radius 2 is 2.19 bits per heavy atom. The van der Waals surface area contributed by atoms with Crippen LogP contribution >= 0.6 is 11.9 Å². The number of anilines is 1. The van der Waals surface area contributed by atoms with Gasteiger partial charge < -0.3 is 10.7 Å². The van der Waals surface area contributed by atoms with Gasteiger partial charge in [0.25, 0.3) is 0 Å². The van der Waals surface area contributed by atoms with Gasteiger partial charge in [-0.05, 0) is 35.6 Å². The Kier molecular flexibility index (Phi) is 3.76. The zero-order chi connectivity index (χ0) is 14.8. The Morgan fingerprint density at radius 1 is 1.33 bits per heavy atom. The maximum absolute atomic E-state index is 13.8. The van der Waals surface area contributed by atoms with Crippen LogP contribution < -0.4 is 10.5 Å². The summed E-state index contributed by atoms with van der Waals surface area (Å²) in [5.41, 5.74) is 8.97. The highest BCUT2D eigenvalue weighted by Crippen LogP contribution is 2.31. The number of nitrogens with two attached hydrogens (primary N) is 1. The van der Waals surface area contributed by atoms with Crippen molar-refractivity contribution >= 4 is 28.8 Å². The third-order valence-electron chi connectivity index (χ3n) is 3.19. The van der Waals surface area contributed by atoms with E-state index < -0.39 is 0 Å². The Labute approximate surface area is 125 Å². The van der Waals surface area contributed by atoms with Crippen LogP contribution in [0.3, 0.4) is 0 Å². The normalized spacial score (nSPS) is 11.1. The van der Waals surface area contributed by atoms with Gasteiger partial charge >= 0.3 is 0 Å². The second-order valence-electron chi connectivity index (χ2n) is 4.56. The lowest BCUT2D eigenvalue weighted by molar-refractivity contribution is 0.625. The third-order valence-corrected chi connectivity index (χ3v) is 3.62. The van der Waals surface area contributed by atoms with Gasteiger partial charge in [-0.15, -0.1) is 0 Å². The fourth-order valence-electron chi connectivity index (χ4n) is 2.28. The molecular formula is C14H14FN5S. The number of H-pyrrole nitrogens is 1. The molecule has 0 radical (unpaired) electrons. The van der Waals surface area contributed by atoms with Gasteiger partial charge in [0.1, 0.15) is 23.6 Å². The Bertz CT molecular complexity index is 786. The molecule has 4 N–H and O–H groups in total. The summed E-state index contributed by atoms with van der Waals surface area (Å²) in [5.74, 6) is 0.0967. The number of hydrogen-bond acceptors (Lipinski definition) is 5. The monoisotopic (exact) mass is 303 g/mol. The molecule has 0 aliphatic rings. The van der Waals surface area contributed by atoms with E-state index in [0.717, 1.165) is 16.7 Å². The minimum Gasteiger partial charge on any atom is -0.383 e. The molecular weight excluding hydrogens is 289 g/mol. The third kappa shape index (κ3) is 2.70. The number of nitrogen functional groups attached to an aromatic ring is 1. The van der Waals surface area contributed by atoms with Gasteiger partial charge in [-0.25, -0.2) is 14.4 Å². The van der Waals surface area contributed by atoms with Crippen molar-refractivity contribution in [2.45, 2.75) is 6.54 Å². The van der Waals surface area contributed by atoms with Gasteiger partial charge in [-0.1, -0.05) is 11.9 Å². The van der Waals surface area contributed by atoms with Crippen molar-refractivity contribution in [2.24, 2.45) is 0 Å². The van der Waals surface area contributed by atoms with E-state index in [-0.39, 0.29) is 5.82 Å². The summed E-state index contributed by atoms with van der Waals surface area (Å²) >= 11 is 1.49. The Morgan fingerprint density at radius 3 is 3.00 bits per heavy atom. The van der Waals surface area contributed by atoms with Crippen molar-refractivity contribution in [3.05, 3.63) is 42.1 Å². The van der Waals surface area contributed by atoms with E-state index in [1.165, 1.54) is 30.4 Å². The van der Waals surface area contributed by atoms with E-state index >= 15 is 0 Å². The quantitative estimate of drug-likeness (QED) is 0.646. The van der Waals surface area contributed by atoms with Crippen LogP contribution in [0.25, 0.3) is 22.2 Å². The van der Waals surface area contributed by atoms with Crippen molar-refractivity contribution in [3.63, 3.8) is 0 Å². The molecule has 108 valence electrons. The summed E-state index contributed by atoms with van der Waals surface area (Å²) in [5, 5.41) is 0.715. The van der Waals surface area contributed by atoms with Crippen molar-refractivity contribution in [1.29, 1.82) is 0 Å². The Hall–Kier alpha value is -2.12. The summed E-state index contributed by atoms with van der Waals surface area (Å²) in [4.78, 5) is 11.2. The molecule has 3 rings (SSSR count). The first-order valence-corrected chi connectivity index (χ1v) is 7.54. The molecule has 21 heavy (non-hydrogen) atoms. The van der Waals surface area contributed by atoms with E-state index in [4.69, 9.17) is 5.73 Å². The number of aromatic amines is 1. The maximum Gasteiger partial charge on any atom is 0.143 e. The summed E-state index contributed by atoms with van der Waals surface area (Å²) < 4.78 is 16.9. The molecule has 3 aromatic rings. The average Bonchev–Trinajstić information content (AvgIpc) is 2.90. The van der Waals surface area contributed by atoms with Crippen molar-refractivity contribution < 1.29 is 4.39 Å². The summed E-state index contributed by atoms with van der Waals surface area (Å²) in [6, 6.07) is 4.93. The highest BCUT2D eigenvalue weighted by Gasteiger charge is 2.12. The molecule has 1 aromatic carbocycles. The number of benzene rings is 1. The fourth-order valence-corrected chi connectivity index (χ4v) is 2.59. The van der Waals surface area contributed by atoms with Crippen LogP contribution in [0.2, 0.25) is 0 Å². The largest absolute Gasteiger partial charge is 0.383 e. The Balaban J connectivity index is 2.12. The van der Waals surface area contributed by atoms with Gasteiger partial charge in [0.2, 0.25) is 0 Å².